The van der Waals surface area contributed by atoms with Crippen LogP contribution in [0.3, 0.4) is 0 Å². The predicted octanol–water partition coefficient (Wildman–Crippen LogP) is 5.19. The Labute approximate surface area is 221 Å². The number of amides is 1. The van der Waals surface area contributed by atoms with Gasteiger partial charge in [-0.2, -0.15) is 26.3 Å². The number of ketones is 1. The molecule has 0 saturated heterocycles. The average Bonchev–Trinajstić information content (AvgIpc) is 3.72. The maximum Gasteiger partial charge on any atom is 0.460 e. The minimum Gasteiger partial charge on any atom is -0.369 e. The zero-order valence-electron chi connectivity index (χ0n) is 21.2. The number of nitrogens with one attached hydrogen (secondary N) is 2. The molecule has 7 nitrogen and oxygen atoms in total. The third-order valence-corrected chi connectivity index (χ3v) is 7.16. The molecule has 0 atom stereocenters. The summed E-state index contributed by atoms with van der Waals surface area (Å²) in [5.74, 6) is -2.48. The van der Waals surface area contributed by atoms with Gasteiger partial charge in [0.1, 0.15) is 18.0 Å². The van der Waals surface area contributed by atoms with Gasteiger partial charge < -0.3 is 15.5 Å². The number of Topliss-reactive ketones (excluding diaryl/α,β-unsaturated/α-hetero) is 1. The van der Waals surface area contributed by atoms with Crippen molar-refractivity contribution in [3.63, 3.8) is 0 Å². The average molecular weight is 558 g/mol. The van der Waals surface area contributed by atoms with E-state index in [0.29, 0.717) is 50.4 Å². The van der Waals surface area contributed by atoms with Crippen LogP contribution in [-0.2, 0) is 22.3 Å². The van der Waals surface area contributed by atoms with Gasteiger partial charge in [0.25, 0.3) is 5.91 Å². The first kappa shape index (κ1) is 28.6. The van der Waals surface area contributed by atoms with Crippen molar-refractivity contribution in [1.29, 1.82) is 0 Å². The molecule has 2 aliphatic carbocycles. The Kier molecular flexibility index (Phi) is 8.36. The molecule has 212 valence electrons. The highest BCUT2D eigenvalue weighted by molar-refractivity contribution is 6.38. The molecule has 0 spiro atoms. The highest BCUT2D eigenvalue weighted by Crippen LogP contribution is 2.36. The summed E-state index contributed by atoms with van der Waals surface area (Å²) in [7, 11) is 0. The summed E-state index contributed by atoms with van der Waals surface area (Å²) in [6.45, 7) is 2.85. The lowest BCUT2D eigenvalue weighted by Crippen LogP contribution is -2.46. The predicted molar refractivity (Wildman–Crippen MR) is 131 cm³/mol. The molecule has 0 aliphatic heterocycles. The van der Waals surface area contributed by atoms with E-state index in [9.17, 15) is 35.9 Å². The number of aromatic nitrogens is 2. The number of benzene rings is 1. The molecule has 2 saturated carbocycles. The molecule has 0 unspecified atom stereocenters. The number of halogens is 6. The molecular formula is C26H29F6N5O2. The van der Waals surface area contributed by atoms with Gasteiger partial charge in [-0.3, -0.25) is 9.59 Å². The minimum atomic E-state index is -5.19. The Morgan fingerprint density at radius 3 is 2.15 bits per heavy atom. The molecule has 2 N–H and O–H groups in total. The second kappa shape index (κ2) is 11.4. The van der Waals surface area contributed by atoms with E-state index in [-0.39, 0.29) is 12.0 Å². The maximum absolute atomic E-state index is 12.9. The Balaban J connectivity index is 1.33. The van der Waals surface area contributed by atoms with Crippen LogP contribution in [0.4, 0.5) is 38.0 Å². The van der Waals surface area contributed by atoms with Crippen molar-refractivity contribution in [2.45, 2.75) is 76.4 Å². The first-order valence-electron chi connectivity index (χ1n) is 12.7. The van der Waals surface area contributed by atoms with Crippen LogP contribution in [-0.4, -0.2) is 46.5 Å². The van der Waals surface area contributed by atoms with E-state index in [1.54, 1.807) is 0 Å². The normalized spacial score (nSPS) is 19.9. The molecule has 1 aromatic heterocycles. The number of carbonyl (C=O) groups is 2. The Hall–Kier alpha value is -3.38. The fraction of sp³-hybridized carbons (Fsp3) is 0.538. The van der Waals surface area contributed by atoms with Crippen LogP contribution in [0, 0.1) is 12.8 Å². The van der Waals surface area contributed by atoms with Gasteiger partial charge in [-0.1, -0.05) is 12.1 Å². The van der Waals surface area contributed by atoms with Gasteiger partial charge >= 0.3 is 18.1 Å². The number of hydrogen-bond donors (Lipinski definition) is 2. The van der Waals surface area contributed by atoms with E-state index in [2.05, 4.69) is 25.5 Å². The van der Waals surface area contributed by atoms with E-state index < -0.39 is 35.6 Å². The van der Waals surface area contributed by atoms with Gasteiger partial charge in [-0.05, 0) is 69.1 Å². The first-order valence-corrected chi connectivity index (χ1v) is 12.7. The summed E-state index contributed by atoms with van der Waals surface area (Å²) in [5, 5.41) is 5.51. The van der Waals surface area contributed by atoms with E-state index in [1.807, 2.05) is 6.92 Å². The smallest absolute Gasteiger partial charge is 0.369 e. The zero-order valence-corrected chi connectivity index (χ0v) is 21.2. The van der Waals surface area contributed by atoms with E-state index in [4.69, 9.17) is 0 Å². The highest BCUT2D eigenvalue weighted by atomic mass is 19.4. The van der Waals surface area contributed by atoms with Crippen LogP contribution in [0.25, 0.3) is 0 Å². The third-order valence-electron chi connectivity index (χ3n) is 7.16. The number of rotatable bonds is 9. The minimum absolute atomic E-state index is 0.195. The molecule has 1 aromatic carbocycles. The van der Waals surface area contributed by atoms with Gasteiger partial charge in [0.2, 0.25) is 0 Å². The molecule has 1 heterocycles. The largest absolute Gasteiger partial charge is 0.460 e. The SMILES string of the molecule is Cc1c(NCC2CCC(NC(=O)C(=O)C(F)(F)F)CC2)ncnc1N(Cc1ccc(C(F)(F)F)cc1)C1CC1. The molecule has 0 bridgehead atoms. The molecule has 2 aliphatic rings. The molecular weight excluding hydrogens is 528 g/mol. The fourth-order valence-electron chi connectivity index (χ4n) is 4.80. The van der Waals surface area contributed by atoms with Crippen molar-refractivity contribution < 1.29 is 35.9 Å². The number of carbonyl (C=O) groups excluding carboxylic acids is 2. The zero-order chi connectivity index (χ0) is 28.4. The summed E-state index contributed by atoms with van der Waals surface area (Å²) in [6.07, 6.45) is -4.00. The summed E-state index contributed by atoms with van der Waals surface area (Å²) in [5.41, 5.74) is 0.853. The van der Waals surface area contributed by atoms with Crippen LogP contribution < -0.4 is 15.5 Å². The van der Waals surface area contributed by atoms with E-state index >= 15 is 0 Å². The lowest BCUT2D eigenvalue weighted by molar-refractivity contribution is -0.175. The second-order valence-corrected chi connectivity index (χ2v) is 10.1. The monoisotopic (exact) mass is 557 g/mol. The van der Waals surface area contributed by atoms with Gasteiger partial charge in [0.05, 0.1) is 5.56 Å². The lowest BCUT2D eigenvalue weighted by atomic mass is 9.86. The van der Waals surface area contributed by atoms with Crippen LogP contribution >= 0.6 is 0 Å². The van der Waals surface area contributed by atoms with Gasteiger partial charge in [-0.15, -0.1) is 0 Å². The van der Waals surface area contributed by atoms with Crippen LogP contribution in [0.1, 0.15) is 55.2 Å². The van der Waals surface area contributed by atoms with Crippen molar-refractivity contribution in [1.82, 2.24) is 15.3 Å². The van der Waals surface area contributed by atoms with Crippen molar-refractivity contribution in [2.24, 2.45) is 5.92 Å². The highest BCUT2D eigenvalue weighted by Gasteiger charge is 2.44. The Bertz CT molecular complexity index is 1170. The molecule has 39 heavy (non-hydrogen) atoms. The number of nitrogens with zero attached hydrogens (tertiary/aromatic N) is 3. The number of hydrogen-bond acceptors (Lipinski definition) is 6. The topological polar surface area (TPSA) is 87.2 Å². The Morgan fingerprint density at radius 1 is 0.949 bits per heavy atom. The van der Waals surface area contributed by atoms with Crippen molar-refractivity contribution in [2.75, 3.05) is 16.8 Å². The second-order valence-electron chi connectivity index (χ2n) is 10.1. The van der Waals surface area contributed by atoms with Crippen molar-refractivity contribution in [3.05, 3.63) is 47.3 Å². The molecule has 13 heteroatoms. The standard InChI is InChI=1S/C26H29F6N5O2/c1-15-22(33-12-16-4-8-19(9-5-16)36-24(39)21(38)26(30,31)32)34-14-35-23(15)37(20-10-11-20)13-17-2-6-18(7-3-17)25(27,28)29/h2-3,6-7,14,16,19-20H,4-5,8-13H2,1H3,(H,36,39)(H,33,34,35). The first-order chi connectivity index (χ1) is 18.3. The summed E-state index contributed by atoms with van der Waals surface area (Å²) >= 11 is 0. The van der Waals surface area contributed by atoms with E-state index in [1.165, 1.54) is 18.5 Å². The lowest BCUT2D eigenvalue weighted by Gasteiger charge is -2.30. The van der Waals surface area contributed by atoms with Crippen molar-refractivity contribution in [3.8, 4) is 0 Å². The van der Waals surface area contributed by atoms with Gasteiger partial charge in [0, 0.05) is 30.7 Å². The summed E-state index contributed by atoms with van der Waals surface area (Å²) in [6, 6.07) is 4.87. The Morgan fingerprint density at radius 2 is 1.59 bits per heavy atom. The number of anilines is 2. The van der Waals surface area contributed by atoms with Crippen LogP contribution in [0.2, 0.25) is 0 Å². The van der Waals surface area contributed by atoms with Crippen LogP contribution in [0.15, 0.2) is 30.6 Å². The van der Waals surface area contributed by atoms with Gasteiger partial charge in [0.15, 0.2) is 0 Å². The summed E-state index contributed by atoms with van der Waals surface area (Å²) < 4.78 is 76.1. The molecule has 4 rings (SSSR count). The number of alkyl halides is 6. The van der Waals surface area contributed by atoms with E-state index in [0.717, 1.165) is 36.1 Å². The van der Waals surface area contributed by atoms with Gasteiger partial charge in [-0.25, -0.2) is 9.97 Å². The fourth-order valence-corrected chi connectivity index (χ4v) is 4.80. The third kappa shape index (κ3) is 7.39. The van der Waals surface area contributed by atoms with Crippen molar-refractivity contribution >= 4 is 23.3 Å². The maximum atomic E-state index is 12.9. The quantitative estimate of drug-likeness (QED) is 0.326. The molecule has 1 amide bonds. The molecule has 2 fully saturated rings. The molecule has 2 aromatic rings. The van der Waals surface area contributed by atoms with Crippen LogP contribution in [0.5, 0.6) is 0 Å². The molecule has 0 radical (unpaired) electrons. The summed E-state index contributed by atoms with van der Waals surface area (Å²) in [4.78, 5) is 33.5.